The topological polar surface area (TPSA) is 44.9 Å². The third kappa shape index (κ3) is 2.27. The van der Waals surface area contributed by atoms with Gasteiger partial charge in [0.05, 0.1) is 5.56 Å². The van der Waals surface area contributed by atoms with E-state index in [1.54, 1.807) is 11.3 Å². The van der Waals surface area contributed by atoms with Crippen molar-refractivity contribution in [2.45, 2.75) is 13.5 Å². The summed E-state index contributed by atoms with van der Waals surface area (Å²) in [5.41, 5.74) is 2.89. The molecule has 2 rings (SSSR count). The second-order valence-electron chi connectivity index (χ2n) is 3.37. The van der Waals surface area contributed by atoms with Gasteiger partial charge in [0.15, 0.2) is 0 Å². The lowest BCUT2D eigenvalue weighted by Crippen LogP contribution is -2.22. The van der Waals surface area contributed by atoms with Crippen LogP contribution in [0.3, 0.4) is 0 Å². The van der Waals surface area contributed by atoms with E-state index in [0.29, 0.717) is 6.54 Å². The van der Waals surface area contributed by atoms with Gasteiger partial charge in [-0.2, -0.15) is 11.3 Å². The van der Waals surface area contributed by atoms with Crippen LogP contribution in [0.5, 0.6) is 0 Å². The molecule has 0 aliphatic carbocycles. The Labute approximate surface area is 92.1 Å². The fourth-order valence-corrected chi connectivity index (χ4v) is 2.17. The highest BCUT2D eigenvalue weighted by Crippen LogP contribution is 2.13. The molecular formula is C11H12N2OS. The molecule has 2 aromatic heterocycles. The van der Waals surface area contributed by atoms with E-state index in [4.69, 9.17) is 0 Å². The number of rotatable bonds is 3. The van der Waals surface area contributed by atoms with Crippen LogP contribution < -0.4 is 5.32 Å². The van der Waals surface area contributed by atoms with Crippen LogP contribution in [-0.4, -0.2) is 10.9 Å². The molecule has 78 valence electrons. The van der Waals surface area contributed by atoms with Crippen LogP contribution in [0.25, 0.3) is 0 Å². The zero-order valence-electron chi connectivity index (χ0n) is 8.41. The van der Waals surface area contributed by atoms with Gasteiger partial charge in [0, 0.05) is 24.3 Å². The first-order valence-corrected chi connectivity index (χ1v) is 5.64. The monoisotopic (exact) mass is 220 g/mol. The molecule has 4 heteroatoms. The van der Waals surface area contributed by atoms with Crippen molar-refractivity contribution >= 4 is 17.2 Å². The van der Waals surface area contributed by atoms with Crippen molar-refractivity contribution in [1.82, 2.24) is 10.3 Å². The first-order valence-electron chi connectivity index (χ1n) is 4.70. The summed E-state index contributed by atoms with van der Waals surface area (Å²) in [6.45, 7) is 2.51. The summed E-state index contributed by atoms with van der Waals surface area (Å²) in [5.74, 6) is -0.00468. The Morgan fingerprint density at radius 2 is 2.40 bits per heavy atom. The average molecular weight is 220 g/mol. The average Bonchev–Trinajstić information content (AvgIpc) is 2.84. The van der Waals surface area contributed by atoms with Crippen molar-refractivity contribution in [1.29, 1.82) is 0 Å². The Kier molecular flexibility index (Phi) is 2.87. The van der Waals surface area contributed by atoms with Crippen LogP contribution in [0, 0.1) is 6.92 Å². The summed E-state index contributed by atoms with van der Waals surface area (Å²) >= 11 is 1.55. The molecule has 0 radical (unpaired) electrons. The van der Waals surface area contributed by atoms with Crippen molar-refractivity contribution < 1.29 is 4.79 Å². The molecule has 0 fully saturated rings. The molecule has 2 heterocycles. The normalized spacial score (nSPS) is 10.2. The molecule has 15 heavy (non-hydrogen) atoms. The number of hydrogen-bond acceptors (Lipinski definition) is 2. The first kappa shape index (κ1) is 9.98. The first-order chi connectivity index (χ1) is 7.27. The maximum absolute atomic E-state index is 11.7. The van der Waals surface area contributed by atoms with Gasteiger partial charge in [-0.1, -0.05) is 0 Å². The minimum absolute atomic E-state index is 0.00468. The number of thiophene rings is 1. The molecule has 3 nitrogen and oxygen atoms in total. The molecule has 0 aliphatic rings. The van der Waals surface area contributed by atoms with Gasteiger partial charge in [-0.3, -0.25) is 4.79 Å². The van der Waals surface area contributed by atoms with Gasteiger partial charge in [0.1, 0.15) is 0 Å². The zero-order valence-corrected chi connectivity index (χ0v) is 9.23. The van der Waals surface area contributed by atoms with Gasteiger partial charge in [-0.25, -0.2) is 0 Å². The molecule has 0 saturated heterocycles. The Balaban J connectivity index is 1.96. The van der Waals surface area contributed by atoms with Crippen LogP contribution in [0.15, 0.2) is 29.2 Å². The minimum atomic E-state index is -0.00468. The molecule has 2 N–H and O–H groups in total. The van der Waals surface area contributed by atoms with E-state index in [2.05, 4.69) is 10.3 Å². The summed E-state index contributed by atoms with van der Waals surface area (Å²) in [5, 5.41) is 6.73. The van der Waals surface area contributed by atoms with Gasteiger partial charge in [-0.15, -0.1) is 0 Å². The molecule has 0 aliphatic heterocycles. The van der Waals surface area contributed by atoms with E-state index >= 15 is 0 Å². The summed E-state index contributed by atoms with van der Waals surface area (Å²) in [4.78, 5) is 14.7. The molecule has 0 spiro atoms. The molecule has 0 atom stereocenters. The largest absolute Gasteiger partial charge is 0.367 e. The molecule has 0 unspecified atom stereocenters. The lowest BCUT2D eigenvalue weighted by molar-refractivity contribution is 0.0951. The molecule has 0 saturated carbocycles. The summed E-state index contributed by atoms with van der Waals surface area (Å²) in [6.07, 6.45) is 3.72. The van der Waals surface area contributed by atoms with E-state index in [9.17, 15) is 4.79 Å². The minimum Gasteiger partial charge on any atom is -0.367 e. The number of nitrogens with one attached hydrogen (secondary N) is 2. The highest BCUT2D eigenvalue weighted by atomic mass is 32.1. The predicted octanol–water partition coefficient (Wildman–Crippen LogP) is 2.31. The Morgan fingerprint density at radius 1 is 1.53 bits per heavy atom. The molecule has 2 aromatic rings. The van der Waals surface area contributed by atoms with Crippen molar-refractivity contribution in [2.24, 2.45) is 0 Å². The van der Waals surface area contributed by atoms with E-state index in [-0.39, 0.29) is 5.91 Å². The number of carbonyl (C=O) groups is 1. The van der Waals surface area contributed by atoms with E-state index in [0.717, 1.165) is 16.7 Å². The van der Waals surface area contributed by atoms with E-state index < -0.39 is 0 Å². The summed E-state index contributed by atoms with van der Waals surface area (Å²) in [6, 6.07) is 1.95. The maximum Gasteiger partial charge on any atom is 0.252 e. The number of hydrogen-bond donors (Lipinski definition) is 2. The fourth-order valence-electron chi connectivity index (χ4n) is 1.34. The highest BCUT2D eigenvalue weighted by Gasteiger charge is 2.08. The van der Waals surface area contributed by atoms with Crippen molar-refractivity contribution in [2.75, 3.05) is 0 Å². The summed E-state index contributed by atoms with van der Waals surface area (Å²) < 4.78 is 0. The number of amides is 1. The third-order valence-electron chi connectivity index (χ3n) is 2.22. The smallest absolute Gasteiger partial charge is 0.252 e. The number of H-pyrrole nitrogens is 1. The van der Waals surface area contributed by atoms with Crippen molar-refractivity contribution in [3.8, 4) is 0 Å². The molecule has 1 amide bonds. The maximum atomic E-state index is 11.7. The number of carbonyl (C=O) groups excluding carboxylic acids is 1. The lowest BCUT2D eigenvalue weighted by atomic mass is 10.2. The lowest BCUT2D eigenvalue weighted by Gasteiger charge is -2.02. The fraction of sp³-hybridized carbons (Fsp3) is 0.182. The quantitative estimate of drug-likeness (QED) is 0.819. The van der Waals surface area contributed by atoms with Gasteiger partial charge in [-0.05, 0) is 29.5 Å². The van der Waals surface area contributed by atoms with Crippen LogP contribution in [-0.2, 0) is 6.54 Å². The Hall–Kier alpha value is -1.55. The second-order valence-corrected chi connectivity index (χ2v) is 4.11. The van der Waals surface area contributed by atoms with Crippen molar-refractivity contribution in [3.63, 3.8) is 0 Å². The predicted molar refractivity (Wildman–Crippen MR) is 61.0 cm³/mol. The van der Waals surface area contributed by atoms with Crippen LogP contribution in [0.2, 0.25) is 0 Å². The van der Waals surface area contributed by atoms with E-state index in [1.807, 2.05) is 36.1 Å². The standard InChI is InChI=1S/C11H12N2OS/c1-8-6-15-7-10(8)11(14)13-5-9-2-3-12-4-9/h2-4,6-7,12H,5H2,1H3,(H,13,14). The molecule has 0 bridgehead atoms. The third-order valence-corrected chi connectivity index (χ3v) is 3.08. The van der Waals surface area contributed by atoms with Gasteiger partial charge in [0.2, 0.25) is 0 Å². The number of aromatic amines is 1. The zero-order chi connectivity index (χ0) is 10.7. The SMILES string of the molecule is Cc1cscc1C(=O)NCc1cc[nH]c1. The number of aryl methyl sites for hydroxylation is 1. The van der Waals surface area contributed by atoms with Gasteiger partial charge < -0.3 is 10.3 Å². The van der Waals surface area contributed by atoms with Crippen LogP contribution >= 0.6 is 11.3 Å². The molecular weight excluding hydrogens is 208 g/mol. The highest BCUT2D eigenvalue weighted by molar-refractivity contribution is 7.08. The Bertz CT molecular complexity index is 445. The van der Waals surface area contributed by atoms with Crippen LogP contribution in [0.4, 0.5) is 0 Å². The van der Waals surface area contributed by atoms with Gasteiger partial charge >= 0.3 is 0 Å². The summed E-state index contributed by atoms with van der Waals surface area (Å²) in [7, 11) is 0. The van der Waals surface area contributed by atoms with E-state index in [1.165, 1.54) is 0 Å². The Morgan fingerprint density at radius 3 is 3.00 bits per heavy atom. The van der Waals surface area contributed by atoms with Crippen LogP contribution in [0.1, 0.15) is 21.5 Å². The second kappa shape index (κ2) is 4.31. The molecule has 0 aromatic carbocycles. The van der Waals surface area contributed by atoms with Crippen molar-refractivity contribution in [3.05, 3.63) is 45.9 Å². The van der Waals surface area contributed by atoms with Gasteiger partial charge in [0.25, 0.3) is 5.91 Å². The number of aromatic nitrogens is 1.